The molecule has 0 aromatic carbocycles. The predicted molar refractivity (Wildman–Crippen MR) is 106 cm³/mol. The lowest BCUT2D eigenvalue weighted by molar-refractivity contribution is -0.143. The Bertz CT molecular complexity index is 275. The molecule has 2 nitrogen and oxygen atoms in total. The monoisotopic (exact) mass is 340 g/mol. The van der Waals surface area contributed by atoms with Crippen LogP contribution >= 0.6 is 0 Å². The summed E-state index contributed by atoms with van der Waals surface area (Å²) in [4.78, 5) is 11.5. The third-order valence-electron chi connectivity index (χ3n) is 5.39. The average Bonchev–Trinajstić information content (AvgIpc) is 2.56. The first-order valence-electron chi connectivity index (χ1n) is 10.9. The average molecular weight is 341 g/mol. The van der Waals surface area contributed by atoms with E-state index in [1.54, 1.807) is 0 Å². The fourth-order valence-electron chi connectivity index (χ4n) is 3.60. The van der Waals surface area contributed by atoms with E-state index < -0.39 is 5.97 Å². The fourth-order valence-corrected chi connectivity index (χ4v) is 3.60. The number of rotatable bonds is 18. The van der Waals surface area contributed by atoms with Crippen molar-refractivity contribution in [2.45, 2.75) is 124 Å². The predicted octanol–water partition coefficient (Wildman–Crippen LogP) is 7.60. The molecular weight excluding hydrogens is 296 g/mol. The molecule has 0 fully saturated rings. The molecule has 0 saturated heterocycles. The molecule has 2 atom stereocenters. The van der Waals surface area contributed by atoms with Crippen molar-refractivity contribution in [1.29, 1.82) is 0 Å². The summed E-state index contributed by atoms with van der Waals surface area (Å²) in [5, 5.41) is 9.51. The number of carboxylic acid groups (broad SMARTS) is 1. The molecule has 0 aliphatic rings. The maximum Gasteiger partial charge on any atom is 0.306 e. The minimum absolute atomic E-state index is 0.124. The van der Waals surface area contributed by atoms with Crippen molar-refractivity contribution in [3.8, 4) is 0 Å². The van der Waals surface area contributed by atoms with Crippen molar-refractivity contribution < 1.29 is 9.90 Å². The van der Waals surface area contributed by atoms with E-state index in [1.165, 1.54) is 83.5 Å². The van der Waals surface area contributed by atoms with Crippen LogP contribution in [0.3, 0.4) is 0 Å². The molecule has 0 aliphatic carbocycles. The number of carboxylic acids is 1. The SMILES string of the molecule is CCCCCCCCCCC(C)C(CCCCCCCC)C(=O)O. The zero-order chi connectivity index (χ0) is 18.0. The van der Waals surface area contributed by atoms with E-state index in [9.17, 15) is 9.90 Å². The Hall–Kier alpha value is -0.530. The van der Waals surface area contributed by atoms with Crippen LogP contribution in [0.2, 0.25) is 0 Å². The standard InChI is InChI=1S/C22H44O2/c1-4-6-8-10-12-13-14-16-18-20(3)21(22(23)24)19-17-15-11-9-7-5-2/h20-21H,4-19H2,1-3H3,(H,23,24). The third kappa shape index (κ3) is 13.9. The largest absolute Gasteiger partial charge is 0.481 e. The second-order valence-electron chi connectivity index (χ2n) is 7.74. The lowest BCUT2D eigenvalue weighted by atomic mass is 9.85. The van der Waals surface area contributed by atoms with Gasteiger partial charge in [-0.3, -0.25) is 4.79 Å². The molecule has 0 amide bonds. The molecule has 0 aromatic heterocycles. The molecule has 2 heteroatoms. The molecule has 0 spiro atoms. The molecule has 0 rings (SSSR count). The van der Waals surface area contributed by atoms with Crippen molar-refractivity contribution >= 4 is 5.97 Å². The van der Waals surface area contributed by atoms with Gasteiger partial charge in [0.2, 0.25) is 0 Å². The Morgan fingerprint density at radius 2 is 1.04 bits per heavy atom. The van der Waals surface area contributed by atoms with Crippen molar-refractivity contribution in [3.05, 3.63) is 0 Å². The Morgan fingerprint density at radius 3 is 1.46 bits per heavy atom. The molecular formula is C22H44O2. The van der Waals surface area contributed by atoms with Crippen LogP contribution in [-0.4, -0.2) is 11.1 Å². The van der Waals surface area contributed by atoms with Gasteiger partial charge in [-0.1, -0.05) is 111 Å². The lowest BCUT2D eigenvalue weighted by Crippen LogP contribution is -2.21. The zero-order valence-electron chi connectivity index (χ0n) is 16.8. The van der Waals surface area contributed by atoms with Crippen LogP contribution in [0.1, 0.15) is 124 Å². The van der Waals surface area contributed by atoms with Gasteiger partial charge in [0, 0.05) is 0 Å². The van der Waals surface area contributed by atoms with Crippen LogP contribution < -0.4 is 0 Å². The van der Waals surface area contributed by atoms with Crippen molar-refractivity contribution in [2.75, 3.05) is 0 Å². The van der Waals surface area contributed by atoms with Gasteiger partial charge in [0.25, 0.3) is 0 Å². The highest BCUT2D eigenvalue weighted by atomic mass is 16.4. The van der Waals surface area contributed by atoms with E-state index in [0.29, 0.717) is 5.92 Å². The molecule has 0 aliphatic heterocycles. The molecule has 0 heterocycles. The number of hydrogen-bond acceptors (Lipinski definition) is 1. The number of aliphatic carboxylic acids is 1. The summed E-state index contributed by atoms with van der Waals surface area (Å²) in [6.45, 7) is 6.63. The molecule has 24 heavy (non-hydrogen) atoms. The van der Waals surface area contributed by atoms with E-state index in [2.05, 4.69) is 20.8 Å². The first-order valence-corrected chi connectivity index (χ1v) is 10.9. The minimum atomic E-state index is -0.573. The first-order chi connectivity index (χ1) is 11.6. The van der Waals surface area contributed by atoms with Crippen molar-refractivity contribution in [1.82, 2.24) is 0 Å². The highest BCUT2D eigenvalue weighted by molar-refractivity contribution is 5.70. The fraction of sp³-hybridized carbons (Fsp3) is 0.955. The van der Waals surface area contributed by atoms with Gasteiger partial charge < -0.3 is 5.11 Å². The molecule has 0 saturated carbocycles. The van der Waals surface area contributed by atoms with Crippen LogP contribution in [0, 0.1) is 11.8 Å². The third-order valence-corrected chi connectivity index (χ3v) is 5.39. The number of hydrogen-bond donors (Lipinski definition) is 1. The summed E-state index contributed by atoms with van der Waals surface area (Å²) in [6.07, 6.45) is 20.0. The summed E-state index contributed by atoms with van der Waals surface area (Å²) in [5.41, 5.74) is 0. The second kappa shape index (κ2) is 17.3. The normalized spacial score (nSPS) is 13.8. The van der Waals surface area contributed by atoms with Crippen LogP contribution in [0.4, 0.5) is 0 Å². The highest BCUT2D eigenvalue weighted by Crippen LogP contribution is 2.25. The van der Waals surface area contributed by atoms with E-state index in [4.69, 9.17) is 0 Å². The van der Waals surface area contributed by atoms with Crippen molar-refractivity contribution in [3.63, 3.8) is 0 Å². The van der Waals surface area contributed by atoms with E-state index in [-0.39, 0.29) is 5.92 Å². The van der Waals surface area contributed by atoms with Gasteiger partial charge in [0.1, 0.15) is 0 Å². The maximum absolute atomic E-state index is 11.5. The second-order valence-corrected chi connectivity index (χ2v) is 7.74. The molecule has 144 valence electrons. The Morgan fingerprint density at radius 1 is 0.667 bits per heavy atom. The van der Waals surface area contributed by atoms with E-state index in [1.807, 2.05) is 0 Å². The van der Waals surface area contributed by atoms with Gasteiger partial charge in [-0.15, -0.1) is 0 Å². The lowest BCUT2D eigenvalue weighted by Gasteiger charge is -2.20. The van der Waals surface area contributed by atoms with Gasteiger partial charge >= 0.3 is 5.97 Å². The number of carbonyl (C=O) groups is 1. The molecule has 0 aromatic rings. The topological polar surface area (TPSA) is 37.3 Å². The molecule has 1 N–H and O–H groups in total. The Kier molecular flexibility index (Phi) is 16.9. The van der Waals surface area contributed by atoms with Crippen LogP contribution in [0.5, 0.6) is 0 Å². The quantitative estimate of drug-likeness (QED) is 0.261. The Balaban J connectivity index is 3.72. The van der Waals surface area contributed by atoms with Crippen LogP contribution in [0.15, 0.2) is 0 Å². The van der Waals surface area contributed by atoms with Gasteiger partial charge in [-0.2, -0.15) is 0 Å². The van der Waals surface area contributed by atoms with Gasteiger partial charge in [-0.05, 0) is 18.8 Å². The van der Waals surface area contributed by atoms with Gasteiger partial charge in [0.15, 0.2) is 0 Å². The van der Waals surface area contributed by atoms with Gasteiger partial charge in [0.05, 0.1) is 5.92 Å². The first kappa shape index (κ1) is 23.5. The van der Waals surface area contributed by atoms with E-state index >= 15 is 0 Å². The summed E-state index contributed by atoms with van der Waals surface area (Å²) < 4.78 is 0. The molecule has 0 bridgehead atoms. The van der Waals surface area contributed by atoms with Crippen LogP contribution in [0.25, 0.3) is 0 Å². The maximum atomic E-state index is 11.5. The Labute approximate surface area is 151 Å². The van der Waals surface area contributed by atoms with E-state index in [0.717, 1.165) is 19.3 Å². The summed E-state index contributed by atoms with van der Waals surface area (Å²) >= 11 is 0. The minimum Gasteiger partial charge on any atom is -0.481 e. The number of unbranched alkanes of at least 4 members (excludes halogenated alkanes) is 12. The highest BCUT2D eigenvalue weighted by Gasteiger charge is 2.23. The molecule has 2 unspecified atom stereocenters. The summed E-state index contributed by atoms with van der Waals surface area (Å²) in [5.74, 6) is -0.366. The zero-order valence-corrected chi connectivity index (χ0v) is 16.8. The summed E-state index contributed by atoms with van der Waals surface area (Å²) in [7, 11) is 0. The smallest absolute Gasteiger partial charge is 0.306 e. The van der Waals surface area contributed by atoms with Crippen molar-refractivity contribution in [2.24, 2.45) is 11.8 Å². The van der Waals surface area contributed by atoms with Gasteiger partial charge in [-0.25, -0.2) is 0 Å². The molecule has 0 radical (unpaired) electrons. The van der Waals surface area contributed by atoms with Crippen LogP contribution in [-0.2, 0) is 4.79 Å². The summed E-state index contributed by atoms with van der Waals surface area (Å²) in [6, 6.07) is 0.